The van der Waals surface area contributed by atoms with Crippen LogP contribution in [0.5, 0.6) is 0 Å². The molecule has 7 heteroatoms. The molecule has 0 atom stereocenters. The number of hydrogen-bond acceptors (Lipinski definition) is 6. The highest BCUT2D eigenvalue weighted by atomic mass is 16.5. The molecule has 0 aliphatic heterocycles. The van der Waals surface area contributed by atoms with E-state index in [9.17, 15) is 0 Å². The molecule has 0 spiro atoms. The van der Waals surface area contributed by atoms with E-state index in [0.29, 0.717) is 19.0 Å². The van der Waals surface area contributed by atoms with Crippen LogP contribution in [0.15, 0.2) is 0 Å². The van der Waals surface area contributed by atoms with Gasteiger partial charge >= 0.3 is 0 Å². The second kappa shape index (κ2) is 4.63. The average Bonchev–Trinajstić information content (AvgIpc) is 2.43. The molecule has 13 heavy (non-hydrogen) atoms. The molecule has 1 aromatic rings. The maximum atomic E-state index is 5.51. The van der Waals surface area contributed by atoms with Crippen LogP contribution in [0.2, 0.25) is 0 Å². The van der Waals surface area contributed by atoms with Gasteiger partial charge < -0.3 is 21.6 Å². The first-order chi connectivity index (χ1) is 6.25. The number of aromatic nitrogens is 3. The van der Waals surface area contributed by atoms with Crippen molar-refractivity contribution in [1.29, 1.82) is 0 Å². The Morgan fingerprint density at radius 2 is 2.31 bits per heavy atom. The molecule has 1 aromatic heterocycles. The van der Waals surface area contributed by atoms with E-state index in [-0.39, 0.29) is 5.95 Å². The quantitative estimate of drug-likeness (QED) is 0.374. The van der Waals surface area contributed by atoms with E-state index in [2.05, 4.69) is 15.5 Å². The maximum absolute atomic E-state index is 5.51. The molecule has 0 unspecified atom stereocenters. The minimum Gasteiger partial charge on any atom is -0.383 e. The van der Waals surface area contributed by atoms with E-state index in [0.717, 1.165) is 6.54 Å². The molecule has 0 aliphatic carbocycles. The van der Waals surface area contributed by atoms with Gasteiger partial charge in [0.15, 0.2) is 5.82 Å². The number of methoxy groups -OCH3 is 1. The van der Waals surface area contributed by atoms with Crippen LogP contribution in [-0.4, -0.2) is 35.1 Å². The van der Waals surface area contributed by atoms with Crippen LogP contribution in [0, 0.1) is 0 Å². The first-order valence-corrected chi connectivity index (χ1v) is 3.90. The summed E-state index contributed by atoms with van der Waals surface area (Å²) in [5.74, 6) is 6.33. The molecule has 7 nitrogen and oxygen atoms in total. The van der Waals surface area contributed by atoms with Gasteiger partial charge in [-0.05, 0) is 0 Å². The highest BCUT2D eigenvalue weighted by Gasteiger charge is 2.04. The van der Waals surface area contributed by atoms with Gasteiger partial charge in [0.2, 0.25) is 5.95 Å². The van der Waals surface area contributed by atoms with E-state index in [1.54, 1.807) is 7.11 Å². The zero-order chi connectivity index (χ0) is 9.68. The predicted molar refractivity (Wildman–Crippen MR) is 48.2 cm³/mol. The second-order valence-corrected chi connectivity index (χ2v) is 2.51. The van der Waals surface area contributed by atoms with Crippen molar-refractivity contribution in [1.82, 2.24) is 20.2 Å². The van der Waals surface area contributed by atoms with Gasteiger partial charge in [0.05, 0.1) is 13.2 Å². The normalized spacial score (nSPS) is 10.5. The van der Waals surface area contributed by atoms with Crippen molar-refractivity contribution in [2.24, 2.45) is 0 Å². The number of anilines is 1. The Labute approximate surface area is 76.0 Å². The first-order valence-electron chi connectivity index (χ1n) is 3.90. The lowest BCUT2D eigenvalue weighted by Crippen LogP contribution is -2.24. The van der Waals surface area contributed by atoms with Crippen molar-refractivity contribution in [3.8, 4) is 0 Å². The fourth-order valence-corrected chi connectivity index (χ4v) is 0.832. The summed E-state index contributed by atoms with van der Waals surface area (Å²) in [6, 6.07) is 0. The molecule has 0 fully saturated rings. The van der Waals surface area contributed by atoms with Crippen LogP contribution in [0.25, 0.3) is 0 Å². The molecule has 0 aliphatic rings. The summed E-state index contributed by atoms with van der Waals surface area (Å²) in [5, 5.41) is 10.5. The summed E-state index contributed by atoms with van der Waals surface area (Å²) >= 11 is 0. The van der Waals surface area contributed by atoms with Crippen LogP contribution < -0.4 is 16.9 Å². The summed E-state index contributed by atoms with van der Waals surface area (Å²) < 4.78 is 6.10. The summed E-state index contributed by atoms with van der Waals surface area (Å²) in [5.41, 5.74) is 5.38. The van der Waals surface area contributed by atoms with Gasteiger partial charge in [-0.15, -0.1) is 10.2 Å². The SMILES string of the molecule is COCCNCc1nnc(N)n1N. The van der Waals surface area contributed by atoms with Crippen LogP contribution in [0.1, 0.15) is 5.82 Å². The zero-order valence-corrected chi connectivity index (χ0v) is 7.53. The monoisotopic (exact) mass is 186 g/mol. The lowest BCUT2D eigenvalue weighted by molar-refractivity contribution is 0.199. The molecule has 0 saturated heterocycles. The molecule has 0 aromatic carbocycles. The molecule has 0 saturated carbocycles. The van der Waals surface area contributed by atoms with Crippen molar-refractivity contribution in [3.05, 3.63) is 5.82 Å². The topological polar surface area (TPSA) is 104 Å². The summed E-state index contributed by atoms with van der Waals surface area (Å²) in [6.07, 6.45) is 0. The van der Waals surface area contributed by atoms with Gasteiger partial charge in [0, 0.05) is 13.7 Å². The summed E-state index contributed by atoms with van der Waals surface area (Å²) in [6.45, 7) is 1.92. The van der Waals surface area contributed by atoms with Crippen molar-refractivity contribution in [2.45, 2.75) is 6.54 Å². The third kappa shape index (κ3) is 2.56. The number of nitrogens with one attached hydrogen (secondary N) is 1. The van der Waals surface area contributed by atoms with E-state index < -0.39 is 0 Å². The number of ether oxygens (including phenoxy) is 1. The molecule has 74 valence electrons. The molecule has 0 amide bonds. The molecule has 5 N–H and O–H groups in total. The lowest BCUT2D eigenvalue weighted by atomic mass is 10.5. The van der Waals surface area contributed by atoms with Gasteiger partial charge in [0.1, 0.15) is 0 Å². The highest BCUT2D eigenvalue weighted by Crippen LogP contribution is 1.95. The summed E-state index contributed by atoms with van der Waals surface area (Å²) in [4.78, 5) is 0. The van der Waals surface area contributed by atoms with Gasteiger partial charge in [0.25, 0.3) is 0 Å². The van der Waals surface area contributed by atoms with Gasteiger partial charge in [-0.25, -0.2) is 4.68 Å². The molecule has 0 bridgehead atoms. The Bertz CT molecular complexity index is 260. The smallest absolute Gasteiger partial charge is 0.240 e. The van der Waals surface area contributed by atoms with Crippen molar-refractivity contribution in [2.75, 3.05) is 31.8 Å². The molecule has 1 rings (SSSR count). The number of nitrogen functional groups attached to an aromatic ring is 2. The Kier molecular flexibility index (Phi) is 3.47. The molecule has 1 heterocycles. The highest BCUT2D eigenvalue weighted by molar-refractivity contribution is 5.16. The Morgan fingerprint density at radius 3 is 2.85 bits per heavy atom. The average molecular weight is 186 g/mol. The van der Waals surface area contributed by atoms with E-state index in [4.69, 9.17) is 16.3 Å². The molecule has 0 radical (unpaired) electrons. The summed E-state index contributed by atoms with van der Waals surface area (Å²) in [7, 11) is 1.64. The third-order valence-electron chi connectivity index (χ3n) is 1.56. The van der Waals surface area contributed by atoms with E-state index in [1.165, 1.54) is 4.68 Å². The van der Waals surface area contributed by atoms with Crippen molar-refractivity contribution in [3.63, 3.8) is 0 Å². The van der Waals surface area contributed by atoms with Crippen LogP contribution in [-0.2, 0) is 11.3 Å². The number of hydrogen-bond donors (Lipinski definition) is 3. The van der Waals surface area contributed by atoms with Gasteiger partial charge in [-0.1, -0.05) is 0 Å². The van der Waals surface area contributed by atoms with Crippen LogP contribution in [0.4, 0.5) is 5.95 Å². The minimum absolute atomic E-state index is 0.212. The second-order valence-electron chi connectivity index (χ2n) is 2.51. The molecular formula is C6H14N6O. The Morgan fingerprint density at radius 1 is 1.54 bits per heavy atom. The maximum Gasteiger partial charge on any atom is 0.240 e. The number of nitrogens with zero attached hydrogens (tertiary/aromatic N) is 3. The third-order valence-corrected chi connectivity index (χ3v) is 1.56. The largest absolute Gasteiger partial charge is 0.383 e. The lowest BCUT2D eigenvalue weighted by Gasteiger charge is -2.02. The van der Waals surface area contributed by atoms with Crippen molar-refractivity contribution >= 4 is 5.95 Å². The Hall–Kier alpha value is -1.34. The Balaban J connectivity index is 2.32. The van der Waals surface area contributed by atoms with E-state index >= 15 is 0 Å². The van der Waals surface area contributed by atoms with E-state index in [1.807, 2.05) is 0 Å². The van der Waals surface area contributed by atoms with Crippen LogP contribution in [0.3, 0.4) is 0 Å². The molecular weight excluding hydrogens is 172 g/mol. The fraction of sp³-hybridized carbons (Fsp3) is 0.667. The predicted octanol–water partition coefficient (Wildman–Crippen LogP) is -1.69. The number of rotatable bonds is 5. The standard InChI is InChI=1S/C6H14N6O/c1-13-3-2-9-4-5-10-11-6(7)12(5)8/h9H,2-4,8H2,1H3,(H2,7,11). The van der Waals surface area contributed by atoms with Crippen LogP contribution >= 0.6 is 0 Å². The fourth-order valence-electron chi connectivity index (χ4n) is 0.832. The van der Waals surface area contributed by atoms with Gasteiger partial charge in [-0.3, -0.25) is 0 Å². The first kappa shape index (κ1) is 9.75. The van der Waals surface area contributed by atoms with Gasteiger partial charge in [-0.2, -0.15) is 0 Å². The number of nitrogens with two attached hydrogens (primary N) is 2. The minimum atomic E-state index is 0.212. The van der Waals surface area contributed by atoms with Crippen molar-refractivity contribution < 1.29 is 4.74 Å². The zero-order valence-electron chi connectivity index (χ0n) is 7.53.